The van der Waals surface area contributed by atoms with Gasteiger partial charge in [0.15, 0.2) is 0 Å². The first-order chi connectivity index (χ1) is 9.65. The van der Waals surface area contributed by atoms with Crippen molar-refractivity contribution in [2.45, 2.75) is 6.92 Å². The van der Waals surface area contributed by atoms with Gasteiger partial charge in [-0.2, -0.15) is 0 Å². The fourth-order valence-corrected chi connectivity index (χ4v) is 2.09. The van der Waals surface area contributed by atoms with Crippen molar-refractivity contribution in [3.05, 3.63) is 54.1 Å². The second-order valence-electron chi connectivity index (χ2n) is 4.46. The van der Waals surface area contributed by atoms with Crippen molar-refractivity contribution in [2.75, 3.05) is 5.73 Å². The molecule has 5 heteroatoms. The van der Waals surface area contributed by atoms with Crippen LogP contribution in [0.3, 0.4) is 0 Å². The van der Waals surface area contributed by atoms with E-state index in [9.17, 15) is 4.39 Å². The molecule has 0 aliphatic heterocycles. The summed E-state index contributed by atoms with van der Waals surface area (Å²) in [7, 11) is 0. The number of aryl methyl sites for hydroxylation is 1. The summed E-state index contributed by atoms with van der Waals surface area (Å²) in [6.07, 6.45) is 1.70. The van der Waals surface area contributed by atoms with Gasteiger partial charge in [0.25, 0.3) is 0 Å². The number of pyridine rings is 1. The minimum Gasteiger partial charge on any atom is -0.367 e. The second-order valence-corrected chi connectivity index (χ2v) is 4.46. The van der Waals surface area contributed by atoms with Gasteiger partial charge in [-0.15, -0.1) is 0 Å². The lowest BCUT2D eigenvalue weighted by molar-refractivity contribution is 0.439. The molecule has 0 aliphatic carbocycles. The molecule has 0 saturated heterocycles. The van der Waals surface area contributed by atoms with E-state index in [0.717, 1.165) is 16.8 Å². The van der Waals surface area contributed by atoms with E-state index < -0.39 is 0 Å². The first-order valence-corrected chi connectivity index (χ1v) is 6.09. The number of hydrogen-bond donors (Lipinski definition) is 1. The lowest BCUT2D eigenvalue weighted by Gasteiger charge is -2.03. The van der Waals surface area contributed by atoms with Crippen LogP contribution in [0.15, 0.2) is 47.1 Å². The second kappa shape index (κ2) is 4.77. The van der Waals surface area contributed by atoms with E-state index >= 15 is 0 Å². The quantitative estimate of drug-likeness (QED) is 0.774. The highest BCUT2D eigenvalue weighted by Crippen LogP contribution is 2.36. The predicted molar refractivity (Wildman–Crippen MR) is 74.3 cm³/mol. The van der Waals surface area contributed by atoms with Crippen molar-refractivity contribution in [3.8, 4) is 22.4 Å². The molecular formula is C15H12FN3O. The van der Waals surface area contributed by atoms with Crippen LogP contribution in [0.5, 0.6) is 0 Å². The van der Waals surface area contributed by atoms with E-state index in [1.807, 2.05) is 19.1 Å². The predicted octanol–water partition coefficient (Wildman–Crippen LogP) is 3.43. The van der Waals surface area contributed by atoms with Crippen LogP contribution in [0.25, 0.3) is 22.4 Å². The maximum absolute atomic E-state index is 13.0. The zero-order valence-electron chi connectivity index (χ0n) is 10.8. The summed E-state index contributed by atoms with van der Waals surface area (Å²) >= 11 is 0. The Kier molecular flexibility index (Phi) is 2.95. The molecule has 0 saturated carbocycles. The Hall–Kier alpha value is -2.69. The van der Waals surface area contributed by atoms with Gasteiger partial charge in [-0.05, 0) is 36.8 Å². The summed E-state index contributed by atoms with van der Waals surface area (Å²) in [6, 6.07) is 9.78. The van der Waals surface area contributed by atoms with Crippen molar-refractivity contribution in [2.24, 2.45) is 0 Å². The first kappa shape index (κ1) is 12.3. The average molecular weight is 269 g/mol. The summed E-state index contributed by atoms with van der Waals surface area (Å²) in [6.45, 7) is 1.89. The fourth-order valence-electron chi connectivity index (χ4n) is 2.09. The molecule has 0 aliphatic rings. The highest BCUT2D eigenvalue weighted by molar-refractivity contribution is 5.86. The molecule has 0 radical (unpaired) electrons. The number of halogens is 1. The highest BCUT2D eigenvalue weighted by atomic mass is 19.1. The molecule has 4 nitrogen and oxygen atoms in total. The van der Waals surface area contributed by atoms with Crippen molar-refractivity contribution >= 4 is 5.88 Å². The molecule has 0 amide bonds. The van der Waals surface area contributed by atoms with Crippen molar-refractivity contribution in [1.82, 2.24) is 10.1 Å². The van der Waals surface area contributed by atoms with E-state index in [1.54, 1.807) is 18.3 Å². The molecule has 0 bridgehead atoms. The first-order valence-electron chi connectivity index (χ1n) is 6.09. The number of nitrogens with zero attached hydrogens (tertiary/aromatic N) is 2. The fraction of sp³-hybridized carbons (Fsp3) is 0.0667. The van der Waals surface area contributed by atoms with E-state index in [1.165, 1.54) is 12.1 Å². The Bertz CT molecular complexity index is 750. The summed E-state index contributed by atoms with van der Waals surface area (Å²) in [4.78, 5) is 4.15. The van der Waals surface area contributed by atoms with E-state index in [2.05, 4.69) is 10.1 Å². The van der Waals surface area contributed by atoms with Crippen LogP contribution in [0.1, 0.15) is 5.69 Å². The van der Waals surface area contributed by atoms with E-state index in [4.69, 9.17) is 10.3 Å². The van der Waals surface area contributed by atoms with Gasteiger partial charge < -0.3 is 10.3 Å². The smallest absolute Gasteiger partial charge is 0.230 e. The molecule has 20 heavy (non-hydrogen) atoms. The molecule has 2 aromatic heterocycles. The molecular weight excluding hydrogens is 257 g/mol. The molecule has 0 spiro atoms. The molecule has 2 heterocycles. The third kappa shape index (κ3) is 2.14. The third-order valence-electron chi connectivity index (χ3n) is 3.02. The van der Waals surface area contributed by atoms with Crippen LogP contribution >= 0.6 is 0 Å². The van der Waals surface area contributed by atoms with E-state index in [-0.39, 0.29) is 11.7 Å². The Balaban J connectivity index is 2.17. The molecule has 0 fully saturated rings. The summed E-state index contributed by atoms with van der Waals surface area (Å²) < 4.78 is 18.1. The van der Waals surface area contributed by atoms with Crippen LogP contribution < -0.4 is 5.73 Å². The van der Waals surface area contributed by atoms with Crippen LogP contribution in [0.2, 0.25) is 0 Å². The van der Waals surface area contributed by atoms with Crippen LogP contribution in [-0.4, -0.2) is 10.1 Å². The normalized spacial score (nSPS) is 10.7. The summed E-state index contributed by atoms with van der Waals surface area (Å²) in [5.74, 6) is -0.0915. The number of rotatable bonds is 2. The van der Waals surface area contributed by atoms with Gasteiger partial charge in [0, 0.05) is 17.5 Å². The summed E-state index contributed by atoms with van der Waals surface area (Å²) in [5.41, 5.74) is 9.62. The van der Waals surface area contributed by atoms with Crippen LogP contribution in [0.4, 0.5) is 10.3 Å². The zero-order chi connectivity index (χ0) is 14.1. The van der Waals surface area contributed by atoms with Crippen LogP contribution in [-0.2, 0) is 0 Å². The zero-order valence-corrected chi connectivity index (χ0v) is 10.8. The van der Waals surface area contributed by atoms with Crippen molar-refractivity contribution in [1.29, 1.82) is 0 Å². The number of nitrogens with two attached hydrogens (primary N) is 1. The maximum atomic E-state index is 13.0. The SMILES string of the molecule is Cc1cc(-c2noc(N)c2-c2ccc(F)cc2)ccn1. The van der Waals surface area contributed by atoms with Gasteiger partial charge in [-0.1, -0.05) is 17.3 Å². The Morgan fingerprint density at radius 3 is 2.55 bits per heavy atom. The Morgan fingerprint density at radius 2 is 1.85 bits per heavy atom. The van der Waals surface area contributed by atoms with Crippen LogP contribution in [0, 0.1) is 12.7 Å². The number of anilines is 1. The van der Waals surface area contributed by atoms with Gasteiger partial charge in [0.2, 0.25) is 5.88 Å². The maximum Gasteiger partial charge on any atom is 0.230 e. The molecule has 0 atom stereocenters. The van der Waals surface area contributed by atoms with Gasteiger partial charge in [-0.25, -0.2) is 4.39 Å². The van der Waals surface area contributed by atoms with Gasteiger partial charge in [0.1, 0.15) is 11.5 Å². The standard InChI is InChI=1S/C15H12FN3O/c1-9-8-11(6-7-18-9)14-13(15(17)20-19-14)10-2-4-12(16)5-3-10/h2-8H,17H2,1H3. The summed E-state index contributed by atoms with van der Waals surface area (Å²) in [5, 5.41) is 4.00. The molecule has 2 N–H and O–H groups in total. The number of nitrogen functional groups attached to an aromatic ring is 1. The Labute approximate surface area is 115 Å². The number of hydrogen-bond acceptors (Lipinski definition) is 4. The van der Waals surface area contributed by atoms with Gasteiger partial charge in [-0.3, -0.25) is 4.98 Å². The molecule has 0 unspecified atom stereocenters. The van der Waals surface area contributed by atoms with Gasteiger partial charge in [0.05, 0.1) is 5.56 Å². The number of aromatic nitrogens is 2. The molecule has 100 valence electrons. The van der Waals surface area contributed by atoms with Crippen molar-refractivity contribution in [3.63, 3.8) is 0 Å². The third-order valence-corrected chi connectivity index (χ3v) is 3.02. The van der Waals surface area contributed by atoms with E-state index in [0.29, 0.717) is 11.3 Å². The minimum absolute atomic E-state index is 0.209. The topological polar surface area (TPSA) is 64.9 Å². The lowest BCUT2D eigenvalue weighted by atomic mass is 10.0. The lowest BCUT2D eigenvalue weighted by Crippen LogP contribution is -1.89. The average Bonchev–Trinajstić information content (AvgIpc) is 2.82. The monoisotopic (exact) mass is 269 g/mol. The largest absolute Gasteiger partial charge is 0.367 e. The minimum atomic E-state index is -0.301. The van der Waals surface area contributed by atoms with Crippen molar-refractivity contribution < 1.29 is 8.91 Å². The number of benzene rings is 1. The Morgan fingerprint density at radius 1 is 1.10 bits per heavy atom. The molecule has 1 aromatic carbocycles. The molecule has 3 rings (SSSR count). The highest BCUT2D eigenvalue weighted by Gasteiger charge is 2.17. The molecule has 3 aromatic rings. The van der Waals surface area contributed by atoms with Gasteiger partial charge >= 0.3 is 0 Å².